The molecule has 1 aliphatic heterocycles. The van der Waals surface area contributed by atoms with Crippen LogP contribution in [0.3, 0.4) is 0 Å². The number of nitrogens with zero attached hydrogens (tertiary/aromatic N) is 4. The molecule has 32 heavy (non-hydrogen) atoms. The second-order valence-corrected chi connectivity index (χ2v) is 9.36. The number of nitrogens with one attached hydrogen (secondary N) is 2. The van der Waals surface area contributed by atoms with E-state index in [-0.39, 0.29) is 35.4 Å². The van der Waals surface area contributed by atoms with Crippen LogP contribution in [0.5, 0.6) is 0 Å². The summed E-state index contributed by atoms with van der Waals surface area (Å²) in [6.07, 6.45) is 6.90. The first-order valence-electron chi connectivity index (χ1n) is 11.2. The van der Waals surface area contributed by atoms with Crippen LogP contribution < -0.4 is 10.6 Å². The molecule has 0 spiro atoms. The molecule has 2 atom stereocenters. The molecule has 1 aliphatic rings. The molecule has 2 aromatic rings. The zero-order valence-electron chi connectivity index (χ0n) is 19.8. The van der Waals surface area contributed by atoms with Crippen LogP contribution in [0.15, 0.2) is 48.0 Å². The van der Waals surface area contributed by atoms with Gasteiger partial charge in [0.05, 0.1) is 18.9 Å². The molecule has 1 aromatic carbocycles. The summed E-state index contributed by atoms with van der Waals surface area (Å²) in [6.45, 7) is 13.6. The molecule has 1 fully saturated rings. The number of carbonyl (C=O) groups is 1. The molecule has 1 aromatic heterocycles. The molecule has 176 valence electrons. The minimum atomic E-state index is -0.263. The van der Waals surface area contributed by atoms with E-state index in [9.17, 15) is 4.79 Å². The molecule has 0 radical (unpaired) electrons. The molecule has 0 bridgehead atoms. The summed E-state index contributed by atoms with van der Waals surface area (Å²) in [5, 5.41) is 6.46. The second kappa shape index (κ2) is 11.7. The number of rotatable bonds is 5. The molecule has 7 nitrogen and oxygen atoms in total. The van der Waals surface area contributed by atoms with Crippen molar-refractivity contribution in [2.45, 2.75) is 59.2 Å². The van der Waals surface area contributed by atoms with Gasteiger partial charge in [0, 0.05) is 43.1 Å². The van der Waals surface area contributed by atoms with Crippen molar-refractivity contribution < 1.29 is 4.79 Å². The third kappa shape index (κ3) is 7.21. The van der Waals surface area contributed by atoms with E-state index in [1.807, 2.05) is 63.8 Å². The van der Waals surface area contributed by atoms with Gasteiger partial charge < -0.3 is 20.1 Å². The normalized spacial score (nSPS) is 19.3. The lowest BCUT2D eigenvalue weighted by atomic mass is 9.93. The molecule has 0 saturated carbocycles. The van der Waals surface area contributed by atoms with Crippen LogP contribution in [0.4, 0.5) is 0 Å². The number of hydrogen-bond donors (Lipinski definition) is 2. The highest BCUT2D eigenvalue weighted by Gasteiger charge is 2.28. The van der Waals surface area contributed by atoms with Crippen LogP contribution in [-0.4, -0.2) is 51.5 Å². The van der Waals surface area contributed by atoms with Crippen molar-refractivity contribution >= 4 is 35.8 Å². The molecule has 8 heteroatoms. The monoisotopic (exact) mass is 552 g/mol. The van der Waals surface area contributed by atoms with Gasteiger partial charge in [-0.25, -0.2) is 9.98 Å². The van der Waals surface area contributed by atoms with Crippen molar-refractivity contribution in [1.29, 1.82) is 0 Å². The molecule has 2 heterocycles. The van der Waals surface area contributed by atoms with E-state index in [1.54, 1.807) is 0 Å². The number of imidazole rings is 1. The number of guanidine groups is 1. The van der Waals surface area contributed by atoms with E-state index in [1.165, 1.54) is 0 Å². The topological polar surface area (TPSA) is 74.6 Å². The molecule has 2 unspecified atom stereocenters. The smallest absolute Gasteiger partial charge is 0.251 e. The van der Waals surface area contributed by atoms with Crippen molar-refractivity contribution in [3.05, 3.63) is 54.1 Å². The summed E-state index contributed by atoms with van der Waals surface area (Å²) in [7, 11) is 0. The van der Waals surface area contributed by atoms with E-state index in [0.29, 0.717) is 24.1 Å². The summed E-state index contributed by atoms with van der Waals surface area (Å²) >= 11 is 0. The quantitative estimate of drug-likeness (QED) is 0.333. The predicted octanol–water partition coefficient (Wildman–Crippen LogP) is 4.08. The Bertz CT molecular complexity index is 890. The van der Waals surface area contributed by atoms with Crippen LogP contribution in [0.2, 0.25) is 0 Å². The Balaban J connectivity index is 0.00000363. The minimum absolute atomic E-state index is 0. The highest BCUT2D eigenvalue weighted by Crippen LogP contribution is 2.27. The minimum Gasteiger partial charge on any atom is -0.357 e. The van der Waals surface area contributed by atoms with Gasteiger partial charge in [0.15, 0.2) is 5.96 Å². The van der Waals surface area contributed by atoms with E-state index in [2.05, 4.69) is 38.9 Å². The lowest BCUT2D eigenvalue weighted by Crippen LogP contribution is -2.49. The van der Waals surface area contributed by atoms with Crippen molar-refractivity contribution in [2.24, 2.45) is 10.9 Å². The fraction of sp³-hybridized carbons (Fsp3) is 0.542. The summed E-state index contributed by atoms with van der Waals surface area (Å²) in [5.74, 6) is 1.45. The standard InChI is InChI=1S/C24H36N6O.HI/c1-6-26-23(29-12-10-18(2)21(16-29)30-13-11-25-17-30)27-15-19-8-7-9-20(14-19)22(31)28-24(3,4)5;/h7-9,11,13-14,17-18,21H,6,10,12,15-16H2,1-5H3,(H,26,27)(H,28,31);1H. The van der Waals surface area contributed by atoms with Crippen molar-refractivity contribution in [3.63, 3.8) is 0 Å². The van der Waals surface area contributed by atoms with Crippen molar-refractivity contribution in [2.75, 3.05) is 19.6 Å². The number of piperidine rings is 1. The molecule has 1 amide bonds. The van der Waals surface area contributed by atoms with E-state index in [4.69, 9.17) is 4.99 Å². The van der Waals surface area contributed by atoms with E-state index >= 15 is 0 Å². The van der Waals surface area contributed by atoms with Gasteiger partial charge in [-0.3, -0.25) is 4.79 Å². The first kappa shape index (κ1) is 26.2. The van der Waals surface area contributed by atoms with Crippen LogP contribution in [0.25, 0.3) is 0 Å². The highest BCUT2D eigenvalue weighted by atomic mass is 127. The van der Waals surface area contributed by atoms with Crippen LogP contribution >= 0.6 is 24.0 Å². The molecular formula is C24H37IN6O. The van der Waals surface area contributed by atoms with E-state index in [0.717, 1.165) is 37.6 Å². The van der Waals surface area contributed by atoms with Gasteiger partial charge >= 0.3 is 0 Å². The maximum atomic E-state index is 12.5. The first-order chi connectivity index (χ1) is 14.8. The van der Waals surface area contributed by atoms with Gasteiger partial charge in [0.1, 0.15) is 0 Å². The largest absolute Gasteiger partial charge is 0.357 e. The maximum absolute atomic E-state index is 12.5. The Morgan fingerprint density at radius 1 is 1.31 bits per heavy atom. The molecular weight excluding hydrogens is 515 g/mol. The fourth-order valence-electron chi connectivity index (χ4n) is 3.91. The Morgan fingerprint density at radius 3 is 2.75 bits per heavy atom. The molecule has 0 aliphatic carbocycles. The highest BCUT2D eigenvalue weighted by molar-refractivity contribution is 14.0. The van der Waals surface area contributed by atoms with Gasteiger partial charge in [0.2, 0.25) is 0 Å². The number of halogens is 1. The Labute approximate surface area is 209 Å². The maximum Gasteiger partial charge on any atom is 0.251 e. The fourth-order valence-corrected chi connectivity index (χ4v) is 3.91. The SMILES string of the molecule is CCNC(=NCc1cccc(C(=O)NC(C)(C)C)c1)N1CCC(C)C(n2ccnc2)C1.I. The average Bonchev–Trinajstić information content (AvgIpc) is 3.25. The van der Waals surface area contributed by atoms with Crippen molar-refractivity contribution in [1.82, 2.24) is 25.1 Å². The second-order valence-electron chi connectivity index (χ2n) is 9.36. The summed E-state index contributed by atoms with van der Waals surface area (Å²) in [4.78, 5) is 24.0. The van der Waals surface area contributed by atoms with Crippen LogP contribution in [-0.2, 0) is 6.54 Å². The summed E-state index contributed by atoms with van der Waals surface area (Å²) in [5.41, 5.74) is 1.42. The molecule has 2 N–H and O–H groups in total. The number of hydrogen-bond acceptors (Lipinski definition) is 3. The van der Waals surface area contributed by atoms with Gasteiger partial charge in [-0.05, 0) is 57.7 Å². The number of aliphatic imine (C=N–C) groups is 1. The molecule has 1 saturated heterocycles. The zero-order valence-corrected chi connectivity index (χ0v) is 22.2. The number of benzene rings is 1. The Morgan fingerprint density at radius 2 is 2.09 bits per heavy atom. The van der Waals surface area contributed by atoms with Crippen LogP contribution in [0.1, 0.15) is 63.0 Å². The Kier molecular flexibility index (Phi) is 9.54. The molecule has 3 rings (SSSR count). The first-order valence-corrected chi connectivity index (χ1v) is 11.2. The van der Waals surface area contributed by atoms with E-state index < -0.39 is 0 Å². The van der Waals surface area contributed by atoms with Gasteiger partial charge in [-0.2, -0.15) is 0 Å². The van der Waals surface area contributed by atoms with Crippen LogP contribution in [0, 0.1) is 5.92 Å². The third-order valence-electron chi connectivity index (χ3n) is 5.55. The third-order valence-corrected chi connectivity index (χ3v) is 5.55. The Hall–Kier alpha value is -2.10. The number of aromatic nitrogens is 2. The lowest BCUT2D eigenvalue weighted by molar-refractivity contribution is 0.0919. The van der Waals surface area contributed by atoms with Gasteiger partial charge in [-0.15, -0.1) is 24.0 Å². The number of amides is 1. The summed E-state index contributed by atoms with van der Waals surface area (Å²) in [6, 6.07) is 8.10. The lowest BCUT2D eigenvalue weighted by Gasteiger charge is -2.39. The number of likely N-dealkylation sites (tertiary alicyclic amines) is 1. The van der Waals surface area contributed by atoms with Gasteiger partial charge in [-0.1, -0.05) is 19.1 Å². The summed E-state index contributed by atoms with van der Waals surface area (Å²) < 4.78 is 2.21. The predicted molar refractivity (Wildman–Crippen MR) is 141 cm³/mol. The zero-order chi connectivity index (χ0) is 22.4. The van der Waals surface area contributed by atoms with Gasteiger partial charge in [0.25, 0.3) is 5.91 Å². The average molecular weight is 553 g/mol. The van der Waals surface area contributed by atoms with Crippen molar-refractivity contribution in [3.8, 4) is 0 Å². The number of carbonyl (C=O) groups excluding carboxylic acids is 1.